The van der Waals surface area contributed by atoms with Gasteiger partial charge in [-0.1, -0.05) is 0 Å². The molecule has 0 heterocycles. The van der Waals surface area contributed by atoms with Crippen molar-refractivity contribution in [2.24, 2.45) is 0 Å². The van der Waals surface area contributed by atoms with E-state index >= 15 is 0 Å². The van der Waals surface area contributed by atoms with E-state index in [4.69, 9.17) is 0 Å². The third-order valence-corrected chi connectivity index (χ3v) is 2.02. The molecule has 1 rings (SSSR count). The average Bonchev–Trinajstić information content (AvgIpc) is 2.19. The Bertz CT molecular complexity index is 450. The molecule has 82 valence electrons. The Morgan fingerprint density at radius 1 is 1.47 bits per heavy atom. The largest absolute Gasteiger partial charge is 0.465 e. The molecule has 1 aromatic rings. The van der Waals surface area contributed by atoms with E-state index in [0.717, 1.165) is 12.1 Å². The monoisotopic (exact) mass is 233 g/mol. The minimum absolute atomic E-state index is 0.0678. The molecule has 0 radical (unpaired) electrons. The highest BCUT2D eigenvalue weighted by Gasteiger charge is 2.09. The lowest BCUT2D eigenvalue weighted by atomic mass is 10.2. The van der Waals surface area contributed by atoms with Gasteiger partial charge in [0.2, 0.25) is 10.9 Å². The molecule has 1 aromatic carbocycles. The van der Waals surface area contributed by atoms with Crippen molar-refractivity contribution >= 4 is 22.5 Å². The molecule has 0 aromatic heterocycles. The van der Waals surface area contributed by atoms with Crippen LogP contribution in [0, 0.1) is 5.82 Å². The number of carbonyl (C=O) groups is 1. The second kappa shape index (κ2) is 4.74. The first-order chi connectivity index (χ1) is 7.04. The van der Waals surface area contributed by atoms with Crippen molar-refractivity contribution in [3.63, 3.8) is 0 Å². The van der Waals surface area contributed by atoms with Crippen molar-refractivity contribution in [2.75, 3.05) is 11.8 Å². The molecule has 0 saturated heterocycles. The Hall–Kier alpha value is -1.63. The van der Waals surface area contributed by atoms with Gasteiger partial charge in [0.1, 0.15) is 5.82 Å². The maximum absolute atomic E-state index is 13.0. The highest BCUT2D eigenvalue weighted by Crippen LogP contribution is 2.16. The number of thiol groups is 1. The Labute approximate surface area is 86.9 Å². The van der Waals surface area contributed by atoms with E-state index < -0.39 is 22.7 Å². The lowest BCUT2D eigenvalue weighted by molar-refractivity contribution is 0.0600. The maximum Gasteiger partial charge on any atom is 0.337 e. The molecule has 0 aliphatic carbocycles. The van der Waals surface area contributed by atoms with Crippen molar-refractivity contribution in [2.45, 2.75) is 0 Å². The summed E-state index contributed by atoms with van der Waals surface area (Å²) >= 11 is 0. The van der Waals surface area contributed by atoms with E-state index in [1.54, 1.807) is 0 Å². The predicted molar refractivity (Wildman–Crippen MR) is 51.7 cm³/mol. The molecular weight excluding hydrogens is 225 g/mol. The number of carbonyl (C=O) groups excluding carboxylic acids is 1. The van der Waals surface area contributed by atoms with E-state index in [0.29, 0.717) is 0 Å². The number of benzene rings is 1. The first-order valence-electron chi connectivity index (χ1n) is 3.83. The van der Waals surface area contributed by atoms with Crippen LogP contribution >= 0.6 is 0 Å². The number of ether oxygens (including phenoxy) is 1. The zero-order valence-electron chi connectivity index (χ0n) is 7.69. The van der Waals surface area contributed by atoms with Crippen molar-refractivity contribution < 1.29 is 22.3 Å². The number of esters is 1. The molecular formula is C8H8FNO4S. The Morgan fingerprint density at radius 2 is 2.13 bits per heavy atom. The van der Waals surface area contributed by atoms with Crippen molar-refractivity contribution in [1.29, 1.82) is 0 Å². The molecule has 0 aliphatic heterocycles. The fraction of sp³-hybridized carbons (Fsp3) is 0.125. The number of hydrogen-bond donors (Lipinski definition) is 2. The van der Waals surface area contributed by atoms with Gasteiger partial charge >= 0.3 is 5.97 Å². The van der Waals surface area contributed by atoms with Crippen LogP contribution in [-0.2, 0) is 15.6 Å². The number of anilines is 1. The van der Waals surface area contributed by atoms with Crippen LogP contribution in [-0.4, -0.2) is 21.5 Å². The zero-order valence-corrected chi connectivity index (χ0v) is 8.58. The van der Waals surface area contributed by atoms with Gasteiger partial charge in [-0.05, 0) is 18.2 Å². The molecule has 7 heteroatoms. The Morgan fingerprint density at radius 3 is 2.67 bits per heavy atom. The number of halogens is 1. The SMILES string of the molecule is COC(=O)c1ccc(F)c(N[SH](=O)=O)c1. The van der Waals surface area contributed by atoms with E-state index in [2.05, 4.69) is 4.74 Å². The minimum atomic E-state index is -2.97. The quantitative estimate of drug-likeness (QED) is 0.590. The summed E-state index contributed by atoms with van der Waals surface area (Å²) in [5.41, 5.74) is -0.215. The van der Waals surface area contributed by atoms with Crippen LogP contribution in [0.25, 0.3) is 0 Å². The summed E-state index contributed by atoms with van der Waals surface area (Å²) in [7, 11) is -1.80. The number of hydrogen-bond acceptors (Lipinski definition) is 4. The molecule has 0 unspecified atom stereocenters. The second-order valence-corrected chi connectivity index (χ2v) is 3.29. The average molecular weight is 233 g/mol. The van der Waals surface area contributed by atoms with E-state index in [9.17, 15) is 17.6 Å². The molecule has 5 nitrogen and oxygen atoms in total. The molecule has 0 spiro atoms. The van der Waals surface area contributed by atoms with Crippen LogP contribution in [0.15, 0.2) is 18.2 Å². The first-order valence-corrected chi connectivity index (χ1v) is 5.01. The van der Waals surface area contributed by atoms with E-state index in [-0.39, 0.29) is 11.3 Å². The van der Waals surface area contributed by atoms with Crippen LogP contribution in [0.1, 0.15) is 10.4 Å². The third-order valence-electron chi connectivity index (χ3n) is 1.60. The fourth-order valence-corrected chi connectivity index (χ4v) is 1.32. The standard InChI is InChI=1S/C8H8FNO4S/c1-14-8(11)5-2-3-6(9)7(4-5)10-15(12)13/h2-4,15H,1H3,(H,10,12,13). The van der Waals surface area contributed by atoms with Gasteiger partial charge < -0.3 is 4.74 Å². The number of methoxy groups -OCH3 is 1. The molecule has 0 fully saturated rings. The number of rotatable bonds is 3. The van der Waals surface area contributed by atoms with Gasteiger partial charge in [-0.25, -0.2) is 17.6 Å². The summed E-state index contributed by atoms with van der Waals surface area (Å²) in [6.45, 7) is 0. The minimum Gasteiger partial charge on any atom is -0.465 e. The van der Waals surface area contributed by atoms with Gasteiger partial charge in [-0.3, -0.25) is 4.72 Å². The topological polar surface area (TPSA) is 72.5 Å². The molecule has 15 heavy (non-hydrogen) atoms. The van der Waals surface area contributed by atoms with Gasteiger partial charge in [0.05, 0.1) is 18.4 Å². The van der Waals surface area contributed by atoms with Crippen LogP contribution in [0.3, 0.4) is 0 Å². The molecule has 0 amide bonds. The summed E-state index contributed by atoms with van der Waals surface area (Å²) in [4.78, 5) is 11.0. The summed E-state index contributed by atoms with van der Waals surface area (Å²) in [5, 5.41) is 0. The van der Waals surface area contributed by atoms with Crippen LogP contribution in [0.5, 0.6) is 0 Å². The predicted octanol–water partition coefficient (Wildman–Crippen LogP) is 0.551. The molecule has 0 saturated carbocycles. The smallest absolute Gasteiger partial charge is 0.337 e. The Kier molecular flexibility index (Phi) is 3.62. The second-order valence-electron chi connectivity index (χ2n) is 2.56. The van der Waals surface area contributed by atoms with Crippen LogP contribution < -0.4 is 4.72 Å². The van der Waals surface area contributed by atoms with Crippen LogP contribution in [0.2, 0.25) is 0 Å². The first kappa shape index (κ1) is 11.4. The van der Waals surface area contributed by atoms with E-state index in [1.165, 1.54) is 13.2 Å². The van der Waals surface area contributed by atoms with Gasteiger partial charge in [0.25, 0.3) is 0 Å². The zero-order chi connectivity index (χ0) is 11.4. The summed E-state index contributed by atoms with van der Waals surface area (Å²) in [5.74, 6) is -1.43. The third kappa shape index (κ3) is 2.91. The Balaban J connectivity index is 3.10. The van der Waals surface area contributed by atoms with Gasteiger partial charge in [0, 0.05) is 0 Å². The highest BCUT2D eigenvalue weighted by atomic mass is 32.2. The maximum atomic E-state index is 13.0. The fourth-order valence-electron chi connectivity index (χ4n) is 0.954. The van der Waals surface area contributed by atoms with Gasteiger partial charge in [-0.15, -0.1) is 0 Å². The summed E-state index contributed by atoms with van der Waals surface area (Å²) in [6, 6.07) is 3.24. The lowest BCUT2D eigenvalue weighted by Gasteiger charge is -2.03. The van der Waals surface area contributed by atoms with Crippen molar-refractivity contribution in [1.82, 2.24) is 0 Å². The van der Waals surface area contributed by atoms with Crippen molar-refractivity contribution in [3.8, 4) is 0 Å². The highest BCUT2D eigenvalue weighted by molar-refractivity contribution is 7.73. The normalized spacial score (nSPS) is 10.1. The number of nitrogens with one attached hydrogen (secondary N) is 1. The molecule has 1 N–H and O–H groups in total. The van der Waals surface area contributed by atoms with Gasteiger partial charge in [0.15, 0.2) is 0 Å². The van der Waals surface area contributed by atoms with Crippen molar-refractivity contribution in [3.05, 3.63) is 29.6 Å². The van der Waals surface area contributed by atoms with Gasteiger partial charge in [-0.2, -0.15) is 0 Å². The molecule has 0 aliphatic rings. The molecule has 0 atom stereocenters. The van der Waals surface area contributed by atoms with E-state index in [1.807, 2.05) is 4.72 Å². The molecule has 0 bridgehead atoms. The van der Waals surface area contributed by atoms with Crippen LogP contribution in [0.4, 0.5) is 10.1 Å². The lowest BCUT2D eigenvalue weighted by Crippen LogP contribution is -2.04. The summed E-state index contributed by atoms with van der Waals surface area (Å²) < 4.78 is 39.9. The summed E-state index contributed by atoms with van der Waals surface area (Å²) in [6.07, 6.45) is 0.